The van der Waals surface area contributed by atoms with Crippen LogP contribution in [0.15, 0.2) is 11.6 Å². The lowest BCUT2D eigenvalue weighted by molar-refractivity contribution is -0.148. The number of carbonyl (C=O) groups is 2. The van der Waals surface area contributed by atoms with E-state index in [0.29, 0.717) is 32.5 Å². The summed E-state index contributed by atoms with van der Waals surface area (Å²) in [6.45, 7) is 2.05. The first kappa shape index (κ1) is 15.8. The van der Waals surface area contributed by atoms with Crippen LogP contribution in [0.2, 0.25) is 0 Å². The third-order valence-corrected chi connectivity index (χ3v) is 4.51. The van der Waals surface area contributed by atoms with Crippen molar-refractivity contribution < 1.29 is 19.4 Å². The molecule has 1 fully saturated rings. The smallest absolute Gasteiger partial charge is 0.317 e. The van der Waals surface area contributed by atoms with Crippen LogP contribution in [0.4, 0.5) is 4.79 Å². The number of methoxy groups -OCH3 is 1. The molecular formula is C15H24N2O4. The largest absolute Gasteiger partial charge is 0.481 e. The van der Waals surface area contributed by atoms with Crippen LogP contribution in [0.5, 0.6) is 0 Å². The quantitative estimate of drug-likeness (QED) is 0.756. The van der Waals surface area contributed by atoms with Crippen LogP contribution in [0, 0.1) is 5.41 Å². The Labute approximate surface area is 125 Å². The van der Waals surface area contributed by atoms with Crippen molar-refractivity contribution in [3.63, 3.8) is 0 Å². The third-order valence-electron chi connectivity index (χ3n) is 4.51. The molecule has 0 aromatic rings. The molecule has 0 unspecified atom stereocenters. The minimum Gasteiger partial charge on any atom is -0.481 e. The summed E-state index contributed by atoms with van der Waals surface area (Å²) < 4.78 is 5.08. The number of nitrogens with one attached hydrogen (secondary N) is 1. The number of carboxylic acid groups (broad SMARTS) is 1. The molecule has 2 N–H and O–H groups in total. The molecule has 6 nitrogen and oxygen atoms in total. The summed E-state index contributed by atoms with van der Waals surface area (Å²) in [5.41, 5.74) is 0.446. The first-order chi connectivity index (χ1) is 10.1. The standard InChI is InChI=1S/C15H24N2O4/c1-21-10-12-4-8-17(9-5-12)14(20)16-11-15(13(18)19)6-2-3-7-15/h4H,2-3,5-11H2,1H3,(H,16,20)(H,18,19). The van der Waals surface area contributed by atoms with Gasteiger partial charge in [-0.1, -0.05) is 18.9 Å². The molecule has 21 heavy (non-hydrogen) atoms. The highest BCUT2D eigenvalue weighted by atomic mass is 16.5. The Bertz CT molecular complexity index is 427. The Hall–Kier alpha value is -1.56. The summed E-state index contributed by atoms with van der Waals surface area (Å²) in [6.07, 6.45) is 5.98. The molecular weight excluding hydrogens is 272 g/mol. The minimum atomic E-state index is -0.791. The lowest BCUT2D eigenvalue weighted by Crippen LogP contribution is -2.47. The number of rotatable bonds is 5. The first-order valence-electron chi connectivity index (χ1n) is 7.50. The van der Waals surface area contributed by atoms with Gasteiger partial charge in [0.2, 0.25) is 0 Å². The van der Waals surface area contributed by atoms with Gasteiger partial charge in [-0.15, -0.1) is 0 Å². The van der Waals surface area contributed by atoms with Crippen LogP contribution in [0.1, 0.15) is 32.1 Å². The monoisotopic (exact) mass is 296 g/mol. The predicted molar refractivity (Wildman–Crippen MR) is 78.1 cm³/mol. The summed E-state index contributed by atoms with van der Waals surface area (Å²) in [6, 6.07) is -0.171. The number of ether oxygens (including phenoxy) is 1. The van der Waals surface area contributed by atoms with Gasteiger partial charge >= 0.3 is 12.0 Å². The second-order valence-electron chi connectivity index (χ2n) is 5.94. The lowest BCUT2D eigenvalue weighted by atomic mass is 9.86. The first-order valence-corrected chi connectivity index (χ1v) is 7.50. The Morgan fingerprint density at radius 2 is 2.14 bits per heavy atom. The molecule has 0 bridgehead atoms. The second-order valence-corrected chi connectivity index (χ2v) is 5.94. The van der Waals surface area contributed by atoms with Crippen molar-refractivity contribution in [2.45, 2.75) is 32.1 Å². The van der Waals surface area contributed by atoms with Gasteiger partial charge in [0.05, 0.1) is 12.0 Å². The molecule has 1 saturated carbocycles. The zero-order chi connectivity index (χ0) is 15.3. The molecule has 0 aromatic heterocycles. The molecule has 2 aliphatic rings. The Morgan fingerprint density at radius 1 is 1.43 bits per heavy atom. The highest BCUT2D eigenvalue weighted by Crippen LogP contribution is 2.37. The maximum Gasteiger partial charge on any atom is 0.317 e. The van der Waals surface area contributed by atoms with Crippen molar-refractivity contribution in [2.24, 2.45) is 5.41 Å². The fraction of sp³-hybridized carbons (Fsp3) is 0.733. The zero-order valence-corrected chi connectivity index (χ0v) is 12.6. The lowest BCUT2D eigenvalue weighted by Gasteiger charge is -2.29. The topological polar surface area (TPSA) is 78.9 Å². The van der Waals surface area contributed by atoms with E-state index in [-0.39, 0.29) is 12.6 Å². The van der Waals surface area contributed by atoms with Gasteiger partial charge in [0.25, 0.3) is 0 Å². The zero-order valence-electron chi connectivity index (χ0n) is 12.6. The van der Waals surface area contributed by atoms with E-state index < -0.39 is 11.4 Å². The predicted octanol–water partition coefficient (Wildman–Crippen LogP) is 1.62. The van der Waals surface area contributed by atoms with Crippen LogP contribution in [0.3, 0.4) is 0 Å². The van der Waals surface area contributed by atoms with Gasteiger partial charge in [-0.05, 0) is 24.8 Å². The molecule has 0 atom stereocenters. The molecule has 118 valence electrons. The van der Waals surface area contributed by atoms with E-state index in [9.17, 15) is 14.7 Å². The van der Waals surface area contributed by atoms with Crippen LogP contribution >= 0.6 is 0 Å². The third kappa shape index (κ3) is 3.75. The second kappa shape index (κ2) is 6.93. The number of hydrogen-bond donors (Lipinski definition) is 2. The minimum absolute atomic E-state index is 0.171. The number of urea groups is 1. The molecule has 1 heterocycles. The van der Waals surface area contributed by atoms with E-state index in [0.717, 1.165) is 19.3 Å². The van der Waals surface area contributed by atoms with E-state index in [4.69, 9.17) is 4.74 Å². The molecule has 0 spiro atoms. The van der Waals surface area contributed by atoms with E-state index in [1.165, 1.54) is 5.57 Å². The highest BCUT2D eigenvalue weighted by molar-refractivity contribution is 5.78. The van der Waals surface area contributed by atoms with Crippen molar-refractivity contribution in [2.75, 3.05) is 33.4 Å². The summed E-state index contributed by atoms with van der Waals surface area (Å²) in [4.78, 5) is 25.3. The van der Waals surface area contributed by atoms with Gasteiger partial charge in [0, 0.05) is 26.7 Å². The number of carboxylic acids is 1. The number of carbonyl (C=O) groups excluding carboxylic acids is 1. The highest BCUT2D eigenvalue weighted by Gasteiger charge is 2.41. The van der Waals surface area contributed by atoms with E-state index in [1.54, 1.807) is 12.0 Å². The van der Waals surface area contributed by atoms with Gasteiger partial charge in [-0.2, -0.15) is 0 Å². The van der Waals surface area contributed by atoms with Crippen molar-refractivity contribution in [3.8, 4) is 0 Å². The molecule has 0 radical (unpaired) electrons. The molecule has 2 rings (SSSR count). The average Bonchev–Trinajstić information content (AvgIpc) is 2.96. The van der Waals surface area contributed by atoms with Crippen molar-refractivity contribution in [1.82, 2.24) is 10.2 Å². The maximum atomic E-state index is 12.1. The number of hydrogen-bond acceptors (Lipinski definition) is 3. The Morgan fingerprint density at radius 3 is 2.67 bits per heavy atom. The van der Waals surface area contributed by atoms with Crippen LogP contribution in [-0.2, 0) is 9.53 Å². The number of nitrogens with zero attached hydrogens (tertiary/aromatic N) is 1. The Kier molecular flexibility index (Phi) is 5.22. The fourth-order valence-corrected chi connectivity index (χ4v) is 3.09. The van der Waals surface area contributed by atoms with E-state index >= 15 is 0 Å². The van der Waals surface area contributed by atoms with Crippen molar-refractivity contribution in [3.05, 3.63) is 11.6 Å². The molecule has 6 heteroatoms. The van der Waals surface area contributed by atoms with Gasteiger partial charge < -0.3 is 20.1 Å². The van der Waals surface area contributed by atoms with E-state index in [2.05, 4.69) is 5.32 Å². The molecule has 1 aliphatic carbocycles. The number of amides is 2. The van der Waals surface area contributed by atoms with Crippen molar-refractivity contribution >= 4 is 12.0 Å². The maximum absolute atomic E-state index is 12.1. The normalized spacial score (nSPS) is 21.0. The molecule has 1 aliphatic heterocycles. The molecule has 0 saturated heterocycles. The SMILES string of the molecule is COCC1=CCN(C(=O)NCC2(C(=O)O)CCCC2)CC1. The van der Waals surface area contributed by atoms with Gasteiger partial charge in [-0.25, -0.2) is 4.79 Å². The Balaban J connectivity index is 1.84. The van der Waals surface area contributed by atoms with Crippen LogP contribution in [0.25, 0.3) is 0 Å². The van der Waals surface area contributed by atoms with Gasteiger partial charge in [0.15, 0.2) is 0 Å². The molecule has 2 amide bonds. The van der Waals surface area contributed by atoms with E-state index in [1.807, 2.05) is 6.08 Å². The number of aliphatic carboxylic acids is 1. The van der Waals surface area contributed by atoms with Crippen LogP contribution < -0.4 is 5.32 Å². The van der Waals surface area contributed by atoms with Gasteiger partial charge in [0.1, 0.15) is 0 Å². The van der Waals surface area contributed by atoms with Crippen molar-refractivity contribution in [1.29, 1.82) is 0 Å². The average molecular weight is 296 g/mol. The van der Waals surface area contributed by atoms with Gasteiger partial charge in [-0.3, -0.25) is 4.79 Å². The fourth-order valence-electron chi connectivity index (χ4n) is 3.09. The summed E-state index contributed by atoms with van der Waals surface area (Å²) in [5, 5.41) is 12.2. The molecule has 0 aromatic carbocycles. The summed E-state index contributed by atoms with van der Waals surface area (Å²) in [7, 11) is 1.66. The van der Waals surface area contributed by atoms with Crippen LogP contribution in [-0.4, -0.2) is 55.4 Å². The summed E-state index contributed by atoms with van der Waals surface area (Å²) >= 11 is 0. The summed E-state index contributed by atoms with van der Waals surface area (Å²) in [5.74, 6) is -0.791.